The minimum atomic E-state index is 0.285. The molecule has 1 spiro atoms. The molecule has 2 nitrogen and oxygen atoms in total. The lowest BCUT2D eigenvalue weighted by atomic mass is 9.80. The fourth-order valence-corrected chi connectivity index (χ4v) is 2.29. The molecular formula is C8H15FN2. The largest absolute Gasteiger partial charge is 0.316 e. The zero-order chi connectivity index (χ0) is 7.73. The van der Waals surface area contributed by atoms with Crippen LogP contribution in [-0.4, -0.2) is 31.3 Å². The highest BCUT2D eigenvalue weighted by Gasteiger charge is 2.37. The molecule has 64 valence electrons. The van der Waals surface area contributed by atoms with Gasteiger partial charge in [-0.3, -0.25) is 0 Å². The Morgan fingerprint density at radius 2 is 2.27 bits per heavy atom. The summed E-state index contributed by atoms with van der Waals surface area (Å²) in [5.41, 5.74) is 0.285. The standard InChI is InChI=1S/C8H15FN2/c9-11-5-1-2-8(7-11)3-4-10-6-8/h10H,1-7H2. The van der Waals surface area contributed by atoms with Crippen LogP contribution in [0, 0.1) is 5.41 Å². The molecule has 0 bridgehead atoms. The summed E-state index contributed by atoms with van der Waals surface area (Å²) < 4.78 is 12.9. The van der Waals surface area contributed by atoms with Gasteiger partial charge in [-0.05, 0) is 31.2 Å². The third-order valence-electron chi connectivity index (χ3n) is 2.95. The maximum absolute atomic E-state index is 12.9. The van der Waals surface area contributed by atoms with Gasteiger partial charge in [-0.1, -0.05) is 0 Å². The SMILES string of the molecule is FN1CCCC2(CCNC2)C1. The third kappa shape index (κ3) is 1.40. The zero-order valence-corrected chi connectivity index (χ0v) is 6.77. The van der Waals surface area contributed by atoms with Crippen LogP contribution in [0.25, 0.3) is 0 Å². The molecule has 0 aromatic heterocycles. The van der Waals surface area contributed by atoms with Crippen molar-refractivity contribution in [2.24, 2.45) is 5.41 Å². The van der Waals surface area contributed by atoms with Gasteiger partial charge in [0.2, 0.25) is 0 Å². The Balaban J connectivity index is 2.00. The molecule has 0 radical (unpaired) electrons. The van der Waals surface area contributed by atoms with E-state index in [0.717, 1.165) is 31.1 Å². The summed E-state index contributed by atoms with van der Waals surface area (Å²) in [6, 6.07) is 0. The van der Waals surface area contributed by atoms with Gasteiger partial charge in [-0.2, -0.15) is 0 Å². The number of piperidine rings is 1. The van der Waals surface area contributed by atoms with Crippen LogP contribution < -0.4 is 5.32 Å². The van der Waals surface area contributed by atoms with Crippen LogP contribution in [-0.2, 0) is 0 Å². The number of hydrogen-bond acceptors (Lipinski definition) is 2. The minimum absolute atomic E-state index is 0.285. The number of rotatable bonds is 0. The Labute approximate surface area is 66.7 Å². The quantitative estimate of drug-likeness (QED) is 0.528. The summed E-state index contributed by atoms with van der Waals surface area (Å²) in [5.74, 6) is 0. The topological polar surface area (TPSA) is 15.3 Å². The van der Waals surface area contributed by atoms with Gasteiger partial charge in [0.05, 0.1) is 0 Å². The molecule has 2 rings (SSSR count). The first kappa shape index (κ1) is 7.50. The van der Waals surface area contributed by atoms with Crippen LogP contribution in [0.1, 0.15) is 19.3 Å². The van der Waals surface area contributed by atoms with Crippen LogP contribution >= 0.6 is 0 Å². The predicted octanol–water partition coefficient (Wildman–Crippen LogP) is 0.946. The predicted molar refractivity (Wildman–Crippen MR) is 41.8 cm³/mol. The average Bonchev–Trinajstić information content (AvgIpc) is 2.37. The molecule has 0 aromatic carbocycles. The molecular weight excluding hydrogens is 143 g/mol. The summed E-state index contributed by atoms with van der Waals surface area (Å²) in [7, 11) is 0. The normalized spacial score (nSPS) is 40.1. The summed E-state index contributed by atoms with van der Waals surface area (Å²) >= 11 is 0. The third-order valence-corrected chi connectivity index (χ3v) is 2.95. The van der Waals surface area contributed by atoms with E-state index in [1.54, 1.807) is 0 Å². The smallest absolute Gasteiger partial charge is 0.0359 e. The van der Waals surface area contributed by atoms with E-state index in [9.17, 15) is 4.48 Å². The van der Waals surface area contributed by atoms with Crippen molar-refractivity contribution in [1.82, 2.24) is 10.4 Å². The number of nitrogens with one attached hydrogen (secondary N) is 1. The fraction of sp³-hybridized carbons (Fsp3) is 1.00. The van der Waals surface area contributed by atoms with Crippen LogP contribution in [0.4, 0.5) is 4.48 Å². The van der Waals surface area contributed by atoms with Gasteiger partial charge in [0, 0.05) is 19.6 Å². The van der Waals surface area contributed by atoms with E-state index in [0.29, 0.717) is 13.1 Å². The summed E-state index contributed by atoms with van der Waals surface area (Å²) in [5, 5.41) is 4.29. The van der Waals surface area contributed by atoms with Gasteiger partial charge in [0.15, 0.2) is 0 Å². The number of hydrogen-bond donors (Lipinski definition) is 1. The lowest BCUT2D eigenvalue weighted by Crippen LogP contribution is -2.40. The molecule has 2 aliphatic heterocycles. The van der Waals surface area contributed by atoms with E-state index < -0.39 is 0 Å². The van der Waals surface area contributed by atoms with Crippen LogP contribution in [0.2, 0.25) is 0 Å². The van der Waals surface area contributed by atoms with Crippen LogP contribution in [0.5, 0.6) is 0 Å². The van der Waals surface area contributed by atoms with Crippen LogP contribution in [0.3, 0.4) is 0 Å². The first-order valence-corrected chi connectivity index (χ1v) is 4.42. The second kappa shape index (κ2) is 2.72. The molecule has 1 N–H and O–H groups in total. The van der Waals surface area contributed by atoms with E-state index in [4.69, 9.17) is 0 Å². The molecule has 0 saturated carbocycles. The van der Waals surface area contributed by atoms with Gasteiger partial charge < -0.3 is 5.32 Å². The van der Waals surface area contributed by atoms with E-state index >= 15 is 0 Å². The van der Waals surface area contributed by atoms with Gasteiger partial charge >= 0.3 is 0 Å². The molecule has 0 aliphatic carbocycles. The molecule has 0 aromatic rings. The summed E-state index contributed by atoms with van der Waals surface area (Å²) in [4.78, 5) is 0. The molecule has 2 heterocycles. The number of nitrogens with zero attached hydrogens (tertiary/aromatic N) is 1. The zero-order valence-electron chi connectivity index (χ0n) is 6.77. The highest BCUT2D eigenvalue weighted by molar-refractivity contribution is 4.91. The molecule has 0 amide bonds. The Bertz CT molecular complexity index is 143. The summed E-state index contributed by atoms with van der Waals surface area (Å²) in [6.45, 7) is 3.39. The lowest BCUT2D eigenvalue weighted by molar-refractivity contribution is -0.0457. The maximum Gasteiger partial charge on any atom is 0.0359 e. The van der Waals surface area contributed by atoms with Gasteiger partial charge in [-0.15, -0.1) is 9.60 Å². The van der Waals surface area contributed by atoms with Crippen LogP contribution in [0.15, 0.2) is 0 Å². The average molecular weight is 158 g/mol. The van der Waals surface area contributed by atoms with Crippen molar-refractivity contribution < 1.29 is 4.48 Å². The first-order valence-electron chi connectivity index (χ1n) is 4.42. The Kier molecular flexibility index (Phi) is 1.85. The minimum Gasteiger partial charge on any atom is -0.316 e. The monoisotopic (exact) mass is 158 g/mol. The molecule has 2 fully saturated rings. The van der Waals surface area contributed by atoms with Gasteiger partial charge in [0.1, 0.15) is 0 Å². The van der Waals surface area contributed by atoms with Crippen molar-refractivity contribution in [1.29, 1.82) is 0 Å². The molecule has 2 aliphatic rings. The molecule has 3 heteroatoms. The fourth-order valence-electron chi connectivity index (χ4n) is 2.29. The molecule has 1 atom stereocenters. The second-order valence-electron chi connectivity index (χ2n) is 3.87. The van der Waals surface area contributed by atoms with Crippen molar-refractivity contribution in [2.75, 3.05) is 26.2 Å². The lowest BCUT2D eigenvalue weighted by Gasteiger charge is -2.35. The highest BCUT2D eigenvalue weighted by Crippen LogP contribution is 2.35. The molecule has 2 saturated heterocycles. The Hall–Kier alpha value is -0.150. The van der Waals surface area contributed by atoms with Crippen molar-refractivity contribution in [3.05, 3.63) is 0 Å². The summed E-state index contributed by atoms with van der Waals surface area (Å²) in [6.07, 6.45) is 3.39. The van der Waals surface area contributed by atoms with Crippen molar-refractivity contribution in [2.45, 2.75) is 19.3 Å². The van der Waals surface area contributed by atoms with E-state index in [1.807, 2.05) is 0 Å². The van der Waals surface area contributed by atoms with Gasteiger partial charge in [0.25, 0.3) is 0 Å². The van der Waals surface area contributed by atoms with E-state index in [2.05, 4.69) is 5.32 Å². The first-order chi connectivity index (χ1) is 5.31. The van der Waals surface area contributed by atoms with Crippen molar-refractivity contribution in [3.8, 4) is 0 Å². The van der Waals surface area contributed by atoms with Crippen molar-refractivity contribution in [3.63, 3.8) is 0 Å². The Morgan fingerprint density at radius 3 is 2.91 bits per heavy atom. The van der Waals surface area contributed by atoms with Gasteiger partial charge in [-0.25, -0.2) is 0 Å². The maximum atomic E-state index is 12.9. The molecule has 11 heavy (non-hydrogen) atoms. The van der Waals surface area contributed by atoms with E-state index in [-0.39, 0.29) is 5.41 Å². The highest BCUT2D eigenvalue weighted by atomic mass is 19.2. The second-order valence-corrected chi connectivity index (χ2v) is 3.87. The van der Waals surface area contributed by atoms with E-state index in [1.165, 1.54) is 6.42 Å². The Morgan fingerprint density at radius 1 is 1.36 bits per heavy atom. The molecule has 1 unspecified atom stereocenters. The van der Waals surface area contributed by atoms with Crippen molar-refractivity contribution >= 4 is 0 Å². The number of halogens is 1.